The Morgan fingerprint density at radius 3 is 2.84 bits per heavy atom. The summed E-state index contributed by atoms with van der Waals surface area (Å²) in [5.41, 5.74) is 2.31. The fraction of sp³-hybridized carbons (Fsp3) is 0.278. The maximum Gasteiger partial charge on any atom is 0.330 e. The van der Waals surface area contributed by atoms with Crippen LogP contribution in [0.3, 0.4) is 0 Å². The van der Waals surface area contributed by atoms with Gasteiger partial charge in [0.05, 0.1) is 13.7 Å². The third kappa shape index (κ3) is 3.40. The first-order chi connectivity index (χ1) is 12.0. The van der Waals surface area contributed by atoms with Crippen LogP contribution in [0.15, 0.2) is 30.3 Å². The van der Waals surface area contributed by atoms with E-state index in [1.54, 1.807) is 37.3 Å². The van der Waals surface area contributed by atoms with Crippen molar-refractivity contribution in [1.82, 2.24) is 10.3 Å². The molecule has 1 aliphatic rings. The van der Waals surface area contributed by atoms with E-state index < -0.39 is 17.9 Å². The van der Waals surface area contributed by atoms with Crippen molar-refractivity contribution in [2.75, 3.05) is 13.7 Å². The molecule has 2 heterocycles. The predicted molar refractivity (Wildman–Crippen MR) is 89.0 cm³/mol. The number of fused-ring (bicyclic) bond motifs is 1. The predicted octanol–water partition coefficient (Wildman–Crippen LogP) is 1.89. The Morgan fingerprint density at radius 1 is 1.32 bits per heavy atom. The highest BCUT2D eigenvalue weighted by atomic mass is 16.5. The molecule has 2 aromatic rings. The molecule has 1 amide bonds. The summed E-state index contributed by atoms with van der Waals surface area (Å²) in [5, 5.41) is 12.1. The Morgan fingerprint density at radius 2 is 2.12 bits per heavy atom. The fourth-order valence-corrected chi connectivity index (χ4v) is 2.74. The summed E-state index contributed by atoms with van der Waals surface area (Å²) in [5.74, 6) is -0.799. The van der Waals surface area contributed by atoms with Crippen molar-refractivity contribution in [3.8, 4) is 11.6 Å². The molecule has 3 rings (SSSR count). The van der Waals surface area contributed by atoms with E-state index >= 15 is 0 Å². The Hall–Kier alpha value is -3.09. The summed E-state index contributed by atoms with van der Waals surface area (Å²) in [6.07, 6.45) is 0.721. The van der Waals surface area contributed by atoms with Gasteiger partial charge < -0.3 is 19.9 Å². The zero-order valence-corrected chi connectivity index (χ0v) is 13.9. The number of carboxylic acid groups (broad SMARTS) is 1. The van der Waals surface area contributed by atoms with Gasteiger partial charge in [-0.25, -0.2) is 9.78 Å². The number of carbonyl (C=O) groups is 2. The molecule has 0 fully saturated rings. The van der Waals surface area contributed by atoms with Gasteiger partial charge in [0.15, 0.2) is 6.04 Å². The van der Waals surface area contributed by atoms with E-state index in [2.05, 4.69) is 10.3 Å². The largest absolute Gasteiger partial charge is 0.493 e. The highest BCUT2D eigenvalue weighted by molar-refractivity contribution is 5.98. The molecule has 130 valence electrons. The number of carboxylic acids is 1. The number of aromatic nitrogens is 1. The number of amides is 1. The van der Waals surface area contributed by atoms with E-state index in [0.29, 0.717) is 17.9 Å². The molecule has 7 heteroatoms. The van der Waals surface area contributed by atoms with Crippen LogP contribution in [0.4, 0.5) is 0 Å². The van der Waals surface area contributed by atoms with E-state index in [1.807, 2.05) is 0 Å². The van der Waals surface area contributed by atoms with Crippen molar-refractivity contribution in [3.05, 3.63) is 52.7 Å². The van der Waals surface area contributed by atoms with Crippen LogP contribution in [0.2, 0.25) is 0 Å². The molecule has 0 unspecified atom stereocenters. The van der Waals surface area contributed by atoms with Gasteiger partial charge in [0.25, 0.3) is 5.91 Å². The molecule has 1 aliphatic heterocycles. The molecular weight excluding hydrogens is 324 g/mol. The second-order valence-electron chi connectivity index (χ2n) is 5.72. The molecule has 0 saturated carbocycles. The van der Waals surface area contributed by atoms with Crippen LogP contribution in [0.5, 0.6) is 11.6 Å². The van der Waals surface area contributed by atoms with Crippen molar-refractivity contribution in [1.29, 1.82) is 0 Å². The molecule has 1 aromatic carbocycles. The molecule has 2 N–H and O–H groups in total. The number of nitrogens with zero attached hydrogens (tertiary/aromatic N) is 1. The molecule has 0 bridgehead atoms. The van der Waals surface area contributed by atoms with Gasteiger partial charge in [0.2, 0.25) is 5.88 Å². The number of pyridine rings is 1. The van der Waals surface area contributed by atoms with Crippen molar-refractivity contribution in [2.45, 2.75) is 19.4 Å². The smallest absolute Gasteiger partial charge is 0.330 e. The zero-order valence-electron chi connectivity index (χ0n) is 13.9. The maximum absolute atomic E-state index is 12.5. The van der Waals surface area contributed by atoms with Crippen LogP contribution in [0, 0.1) is 6.92 Å². The van der Waals surface area contributed by atoms with Gasteiger partial charge in [-0.05, 0) is 42.3 Å². The highest BCUT2D eigenvalue weighted by Crippen LogP contribution is 2.28. The topological polar surface area (TPSA) is 97.8 Å². The molecule has 25 heavy (non-hydrogen) atoms. The number of hydrogen-bond acceptors (Lipinski definition) is 5. The number of benzene rings is 1. The Balaban J connectivity index is 1.87. The van der Waals surface area contributed by atoms with Crippen LogP contribution in [0.25, 0.3) is 0 Å². The standard InChI is InChI=1S/C18H18N2O5/c1-10-3-5-13(17(19-10)24-2)16(21)20-15(18(22)23)12-4-6-14-11(9-12)7-8-25-14/h3-6,9,15H,7-8H2,1-2H3,(H,20,21)(H,22,23)/t15-/m0/s1. The molecule has 1 aromatic heterocycles. The molecule has 1 atom stereocenters. The summed E-state index contributed by atoms with van der Waals surface area (Å²) >= 11 is 0. The molecular formula is C18H18N2O5. The normalized spacial score (nSPS) is 13.5. The summed E-state index contributed by atoms with van der Waals surface area (Å²) in [4.78, 5) is 28.4. The van der Waals surface area contributed by atoms with Gasteiger partial charge in [0.1, 0.15) is 11.3 Å². The van der Waals surface area contributed by atoms with E-state index in [0.717, 1.165) is 17.7 Å². The van der Waals surface area contributed by atoms with Crippen molar-refractivity contribution < 1.29 is 24.2 Å². The van der Waals surface area contributed by atoms with Crippen LogP contribution in [0.1, 0.15) is 33.2 Å². The van der Waals surface area contributed by atoms with Crippen LogP contribution in [-0.2, 0) is 11.2 Å². The van der Waals surface area contributed by atoms with E-state index in [9.17, 15) is 14.7 Å². The quantitative estimate of drug-likeness (QED) is 0.861. The summed E-state index contributed by atoms with van der Waals surface area (Å²) < 4.78 is 10.5. The second kappa shape index (κ2) is 6.80. The van der Waals surface area contributed by atoms with Crippen LogP contribution < -0.4 is 14.8 Å². The Kier molecular flexibility index (Phi) is 4.56. The van der Waals surface area contributed by atoms with Gasteiger partial charge in [0, 0.05) is 12.1 Å². The number of aliphatic carboxylic acids is 1. The number of hydrogen-bond donors (Lipinski definition) is 2. The average Bonchev–Trinajstić information content (AvgIpc) is 3.06. The minimum absolute atomic E-state index is 0.156. The van der Waals surface area contributed by atoms with Gasteiger partial charge in [-0.15, -0.1) is 0 Å². The molecule has 0 radical (unpaired) electrons. The Bertz CT molecular complexity index is 834. The molecule has 0 saturated heterocycles. The van der Waals surface area contributed by atoms with Crippen molar-refractivity contribution in [2.24, 2.45) is 0 Å². The molecule has 7 nitrogen and oxygen atoms in total. The lowest BCUT2D eigenvalue weighted by Gasteiger charge is -2.16. The van der Waals surface area contributed by atoms with Crippen LogP contribution >= 0.6 is 0 Å². The second-order valence-corrected chi connectivity index (χ2v) is 5.72. The van der Waals surface area contributed by atoms with E-state index in [-0.39, 0.29) is 11.4 Å². The average molecular weight is 342 g/mol. The monoisotopic (exact) mass is 342 g/mol. The van der Waals surface area contributed by atoms with E-state index in [4.69, 9.17) is 9.47 Å². The fourth-order valence-electron chi connectivity index (χ4n) is 2.74. The van der Waals surface area contributed by atoms with Gasteiger partial charge in [-0.1, -0.05) is 6.07 Å². The zero-order chi connectivity index (χ0) is 18.0. The van der Waals surface area contributed by atoms with Crippen LogP contribution in [-0.4, -0.2) is 35.7 Å². The van der Waals surface area contributed by atoms with Crippen molar-refractivity contribution >= 4 is 11.9 Å². The van der Waals surface area contributed by atoms with E-state index in [1.165, 1.54) is 7.11 Å². The lowest BCUT2D eigenvalue weighted by atomic mass is 10.0. The lowest BCUT2D eigenvalue weighted by Crippen LogP contribution is -2.34. The first-order valence-corrected chi connectivity index (χ1v) is 7.80. The molecule has 0 spiro atoms. The third-order valence-corrected chi connectivity index (χ3v) is 4.01. The highest BCUT2D eigenvalue weighted by Gasteiger charge is 2.26. The van der Waals surface area contributed by atoms with Gasteiger partial charge in [-0.3, -0.25) is 4.79 Å². The minimum Gasteiger partial charge on any atom is -0.493 e. The third-order valence-electron chi connectivity index (χ3n) is 4.01. The summed E-state index contributed by atoms with van der Waals surface area (Å²) in [7, 11) is 1.41. The lowest BCUT2D eigenvalue weighted by molar-refractivity contribution is -0.139. The maximum atomic E-state index is 12.5. The first kappa shape index (κ1) is 16.8. The number of methoxy groups -OCH3 is 1. The molecule has 0 aliphatic carbocycles. The number of rotatable bonds is 5. The first-order valence-electron chi connectivity index (χ1n) is 7.80. The van der Waals surface area contributed by atoms with Gasteiger partial charge >= 0.3 is 5.97 Å². The minimum atomic E-state index is -1.18. The SMILES string of the molecule is COc1nc(C)ccc1C(=O)N[C@H](C(=O)O)c1ccc2c(c1)CCO2. The number of carbonyl (C=O) groups excluding carboxylic acids is 1. The summed E-state index contributed by atoms with van der Waals surface area (Å²) in [6.45, 7) is 2.35. The number of aryl methyl sites for hydroxylation is 1. The van der Waals surface area contributed by atoms with Gasteiger partial charge in [-0.2, -0.15) is 0 Å². The summed E-state index contributed by atoms with van der Waals surface area (Å²) in [6, 6.07) is 7.18. The van der Waals surface area contributed by atoms with Crippen molar-refractivity contribution in [3.63, 3.8) is 0 Å². The Labute approximate surface area is 144 Å². The number of ether oxygens (including phenoxy) is 2. The number of nitrogens with one attached hydrogen (secondary N) is 1.